The highest BCUT2D eigenvalue weighted by molar-refractivity contribution is 6.34. The minimum absolute atomic E-state index is 0.0765. The quantitative estimate of drug-likeness (QED) is 0.568. The summed E-state index contributed by atoms with van der Waals surface area (Å²) < 4.78 is 0. The van der Waals surface area contributed by atoms with Crippen molar-refractivity contribution in [2.75, 3.05) is 13.1 Å². The molecule has 110 valence electrons. The van der Waals surface area contributed by atoms with Crippen LogP contribution in [0.4, 0.5) is 0 Å². The van der Waals surface area contributed by atoms with E-state index in [-0.39, 0.29) is 11.8 Å². The average Bonchev–Trinajstić information content (AvgIpc) is 2.90. The van der Waals surface area contributed by atoms with Gasteiger partial charge in [-0.05, 0) is 42.3 Å². The molecule has 0 bridgehead atoms. The Morgan fingerprint density at radius 3 is 2.86 bits per heavy atom. The first-order valence-corrected chi connectivity index (χ1v) is 7.39. The molecule has 0 saturated heterocycles. The molecule has 4 N–H and O–H groups in total. The summed E-state index contributed by atoms with van der Waals surface area (Å²) in [5, 5.41) is 13.5. The van der Waals surface area contributed by atoms with Crippen molar-refractivity contribution in [3.63, 3.8) is 0 Å². The monoisotopic (exact) mass is 291 g/mol. The number of allylic oxidation sites excluding steroid dienone is 3. The second kappa shape index (κ2) is 6.24. The highest BCUT2D eigenvalue weighted by Gasteiger charge is 2.26. The summed E-state index contributed by atoms with van der Waals surface area (Å²) in [6.45, 7) is 1.43. The van der Waals surface area contributed by atoms with Crippen LogP contribution in [0.25, 0.3) is 5.57 Å². The van der Waals surface area contributed by atoms with E-state index in [1.165, 1.54) is 0 Å². The standard InChI is InChI=1S/C17H18BN3O/c18-14-10-21-17-13(14)8-11(9-15(17)20-7-3-6-19)12-4-1-2-5-16(12)22/h1-2,4-5,8-10,17,20,22H,3,6-7,19H2. The van der Waals surface area contributed by atoms with E-state index in [1.54, 1.807) is 12.3 Å². The van der Waals surface area contributed by atoms with Gasteiger partial charge in [0.2, 0.25) is 0 Å². The number of benzene rings is 1. The number of phenolic OH excluding ortho intramolecular Hbond substituents is 1. The van der Waals surface area contributed by atoms with Gasteiger partial charge in [-0.1, -0.05) is 23.7 Å². The van der Waals surface area contributed by atoms with Gasteiger partial charge < -0.3 is 16.2 Å². The van der Waals surface area contributed by atoms with Gasteiger partial charge in [0.15, 0.2) is 0 Å². The number of fused-ring (bicyclic) bond motifs is 1. The van der Waals surface area contributed by atoms with E-state index in [0.29, 0.717) is 12.0 Å². The number of hydrogen-bond donors (Lipinski definition) is 3. The van der Waals surface area contributed by atoms with E-state index in [4.69, 9.17) is 13.6 Å². The van der Waals surface area contributed by atoms with Crippen molar-refractivity contribution in [2.24, 2.45) is 10.7 Å². The summed E-state index contributed by atoms with van der Waals surface area (Å²) in [6.07, 6.45) is 6.60. The minimum atomic E-state index is -0.0765. The van der Waals surface area contributed by atoms with Crippen LogP contribution < -0.4 is 11.1 Å². The van der Waals surface area contributed by atoms with Gasteiger partial charge in [-0.3, -0.25) is 4.99 Å². The molecule has 1 atom stereocenters. The van der Waals surface area contributed by atoms with Crippen LogP contribution in [0.5, 0.6) is 5.75 Å². The Morgan fingerprint density at radius 2 is 2.09 bits per heavy atom. The number of phenols is 1. The van der Waals surface area contributed by atoms with Crippen molar-refractivity contribution in [2.45, 2.75) is 12.5 Å². The van der Waals surface area contributed by atoms with E-state index in [1.807, 2.05) is 30.4 Å². The zero-order valence-electron chi connectivity index (χ0n) is 12.3. The third kappa shape index (κ3) is 2.72. The lowest BCUT2D eigenvalue weighted by atomic mass is 9.84. The Balaban J connectivity index is 1.97. The lowest BCUT2D eigenvalue weighted by Gasteiger charge is -2.23. The summed E-state index contributed by atoms with van der Waals surface area (Å²) in [4.78, 5) is 4.46. The van der Waals surface area contributed by atoms with Crippen molar-refractivity contribution < 1.29 is 5.11 Å². The first-order valence-electron chi connectivity index (χ1n) is 7.39. The molecule has 0 fully saturated rings. The average molecular weight is 291 g/mol. The highest BCUT2D eigenvalue weighted by atomic mass is 16.3. The largest absolute Gasteiger partial charge is 0.507 e. The van der Waals surface area contributed by atoms with E-state index in [2.05, 4.69) is 10.3 Å². The number of para-hydroxylation sites is 1. The predicted octanol–water partition coefficient (Wildman–Crippen LogP) is 1.49. The maximum absolute atomic E-state index is 10.1. The Kier molecular flexibility index (Phi) is 4.16. The maximum atomic E-state index is 10.1. The summed E-state index contributed by atoms with van der Waals surface area (Å²) in [7, 11) is 6.03. The zero-order valence-corrected chi connectivity index (χ0v) is 12.3. The lowest BCUT2D eigenvalue weighted by Crippen LogP contribution is -2.27. The maximum Gasteiger partial charge on any atom is 0.123 e. The molecule has 3 rings (SSSR count). The first-order chi connectivity index (χ1) is 10.7. The molecule has 1 unspecified atom stereocenters. The smallest absolute Gasteiger partial charge is 0.123 e. The fourth-order valence-corrected chi connectivity index (χ4v) is 2.69. The lowest BCUT2D eigenvalue weighted by molar-refractivity contribution is 0.473. The van der Waals surface area contributed by atoms with Crippen molar-refractivity contribution in [1.82, 2.24) is 5.32 Å². The SMILES string of the molecule is [B]C1=C2C=C(c3ccccc3O)C=C(NCCCN)C2N=C1. The molecular formula is C17H18BN3O. The molecule has 1 aromatic rings. The number of rotatable bonds is 5. The summed E-state index contributed by atoms with van der Waals surface area (Å²) >= 11 is 0. The molecule has 2 radical (unpaired) electrons. The van der Waals surface area contributed by atoms with Gasteiger partial charge in [0.05, 0.1) is 0 Å². The van der Waals surface area contributed by atoms with E-state index < -0.39 is 0 Å². The summed E-state index contributed by atoms with van der Waals surface area (Å²) in [6, 6.07) is 7.21. The Hall–Kier alpha value is -2.27. The predicted molar refractivity (Wildman–Crippen MR) is 90.9 cm³/mol. The van der Waals surface area contributed by atoms with Crippen LogP contribution in [0.3, 0.4) is 0 Å². The van der Waals surface area contributed by atoms with E-state index >= 15 is 0 Å². The number of nitrogens with two attached hydrogens (primary N) is 1. The molecule has 2 aliphatic rings. The van der Waals surface area contributed by atoms with E-state index in [0.717, 1.165) is 35.4 Å². The van der Waals surface area contributed by atoms with Gasteiger partial charge in [-0.25, -0.2) is 0 Å². The molecule has 0 saturated carbocycles. The van der Waals surface area contributed by atoms with Gasteiger partial charge >= 0.3 is 0 Å². The third-order valence-corrected chi connectivity index (χ3v) is 3.83. The molecule has 1 aliphatic carbocycles. The van der Waals surface area contributed by atoms with Crippen LogP contribution in [0.15, 0.2) is 58.2 Å². The van der Waals surface area contributed by atoms with Crippen LogP contribution in [0.1, 0.15) is 12.0 Å². The third-order valence-electron chi connectivity index (χ3n) is 3.83. The van der Waals surface area contributed by atoms with Crippen molar-refractivity contribution in [3.05, 3.63) is 58.7 Å². The summed E-state index contributed by atoms with van der Waals surface area (Å²) in [5.74, 6) is 0.253. The second-order valence-corrected chi connectivity index (χ2v) is 5.38. The molecule has 0 amide bonds. The minimum Gasteiger partial charge on any atom is -0.507 e. The molecule has 1 aliphatic heterocycles. The molecule has 0 spiro atoms. The molecule has 22 heavy (non-hydrogen) atoms. The van der Waals surface area contributed by atoms with Crippen LogP contribution in [-0.2, 0) is 0 Å². The fraction of sp³-hybridized carbons (Fsp3) is 0.235. The summed E-state index contributed by atoms with van der Waals surface area (Å²) in [5.41, 5.74) is 9.88. The number of nitrogens with zero attached hydrogens (tertiary/aromatic N) is 1. The number of hydrogen-bond acceptors (Lipinski definition) is 4. The molecule has 4 nitrogen and oxygen atoms in total. The van der Waals surface area contributed by atoms with Gasteiger partial charge in [0.25, 0.3) is 0 Å². The van der Waals surface area contributed by atoms with Crippen molar-refractivity contribution in [1.29, 1.82) is 0 Å². The molecule has 1 aromatic carbocycles. The van der Waals surface area contributed by atoms with Crippen molar-refractivity contribution in [3.8, 4) is 5.75 Å². The van der Waals surface area contributed by atoms with Gasteiger partial charge in [0, 0.05) is 24.0 Å². The molecule has 1 heterocycles. The molecule has 0 aromatic heterocycles. The normalized spacial score (nSPS) is 19.8. The number of nitrogens with one attached hydrogen (secondary N) is 1. The highest BCUT2D eigenvalue weighted by Crippen LogP contribution is 2.35. The van der Waals surface area contributed by atoms with Crippen LogP contribution in [-0.4, -0.2) is 38.3 Å². The number of aromatic hydroxyl groups is 1. The van der Waals surface area contributed by atoms with Crippen LogP contribution in [0, 0.1) is 0 Å². The van der Waals surface area contributed by atoms with Crippen LogP contribution >= 0.6 is 0 Å². The fourth-order valence-electron chi connectivity index (χ4n) is 2.69. The zero-order chi connectivity index (χ0) is 15.5. The second-order valence-electron chi connectivity index (χ2n) is 5.38. The Morgan fingerprint density at radius 1 is 1.27 bits per heavy atom. The topological polar surface area (TPSA) is 70.6 Å². The van der Waals surface area contributed by atoms with Crippen LogP contribution in [0.2, 0.25) is 0 Å². The Bertz CT molecular complexity index is 704. The Labute approximate surface area is 131 Å². The molecular weight excluding hydrogens is 273 g/mol. The van der Waals surface area contributed by atoms with E-state index in [9.17, 15) is 5.11 Å². The van der Waals surface area contributed by atoms with Gasteiger partial charge in [-0.2, -0.15) is 0 Å². The van der Waals surface area contributed by atoms with Gasteiger partial charge in [-0.15, -0.1) is 0 Å². The first kappa shape index (κ1) is 14.7. The number of aliphatic imine (C=N–C) groups is 1. The molecule has 5 heteroatoms. The van der Waals surface area contributed by atoms with Gasteiger partial charge in [0.1, 0.15) is 19.6 Å². The van der Waals surface area contributed by atoms with Crippen molar-refractivity contribution >= 4 is 19.6 Å².